The van der Waals surface area contributed by atoms with Crippen LogP contribution >= 0.6 is 0 Å². The highest BCUT2D eigenvalue weighted by Gasteiger charge is 2.40. The lowest BCUT2D eigenvalue weighted by molar-refractivity contribution is 0.119. The molecule has 0 aromatic heterocycles. The summed E-state index contributed by atoms with van der Waals surface area (Å²) in [7, 11) is 0. The molecule has 6 rings (SSSR count). The molecule has 0 amide bonds. The van der Waals surface area contributed by atoms with Gasteiger partial charge in [-0.25, -0.2) is 0 Å². The molecule has 6 aromatic carbocycles. The molecule has 0 aliphatic carbocycles. The summed E-state index contributed by atoms with van der Waals surface area (Å²) in [5, 5.41) is 3.90. The van der Waals surface area contributed by atoms with E-state index in [2.05, 4.69) is 118 Å². The van der Waals surface area contributed by atoms with Crippen LogP contribution in [0.3, 0.4) is 0 Å². The van der Waals surface area contributed by atoms with Crippen molar-refractivity contribution < 1.29 is 37.9 Å². The van der Waals surface area contributed by atoms with Gasteiger partial charge in [0.15, 0.2) is 0 Å². The van der Waals surface area contributed by atoms with E-state index in [1.54, 1.807) is 18.2 Å². The number of hydrogen-bond donors (Lipinski definition) is 0. The van der Waals surface area contributed by atoms with Gasteiger partial charge in [-0.1, -0.05) is 103 Å². The quantitative estimate of drug-likeness (QED) is 0.0220. The largest absolute Gasteiger partial charge is 0.491 e. The van der Waals surface area contributed by atoms with Crippen LogP contribution in [-0.2, 0) is 24.4 Å². The number of benzene rings is 6. The molecule has 1 unspecified atom stereocenters. The van der Waals surface area contributed by atoms with Crippen LogP contribution < -0.4 is 18.9 Å². The second-order valence-corrected chi connectivity index (χ2v) is 14.5. The molecule has 0 aliphatic heterocycles. The van der Waals surface area contributed by atoms with E-state index in [1.165, 1.54) is 0 Å². The van der Waals surface area contributed by atoms with Gasteiger partial charge in [-0.3, -0.25) is 0 Å². The van der Waals surface area contributed by atoms with Gasteiger partial charge in [0.2, 0.25) is 0 Å². The zero-order chi connectivity index (χ0) is 43.4. The Morgan fingerprint density at radius 2 is 0.935 bits per heavy atom. The van der Waals surface area contributed by atoms with E-state index >= 15 is 0 Å². The Kier molecular flexibility index (Phi) is 17.2. The highest BCUT2D eigenvalue weighted by Crippen LogP contribution is 2.52. The third-order valence-corrected chi connectivity index (χ3v) is 10.3. The molecule has 0 N–H and O–H groups in total. The van der Waals surface area contributed by atoms with Crippen LogP contribution in [-0.4, -0.2) is 79.3 Å². The summed E-state index contributed by atoms with van der Waals surface area (Å²) >= 11 is 0. The number of hydrogen-bond acceptors (Lipinski definition) is 8. The lowest BCUT2D eigenvalue weighted by Gasteiger charge is -2.37. The molecule has 62 heavy (non-hydrogen) atoms. The van der Waals surface area contributed by atoms with Crippen molar-refractivity contribution in [2.45, 2.75) is 12.3 Å². The summed E-state index contributed by atoms with van der Waals surface area (Å²) in [5.41, 5.74) is 4.13. The summed E-state index contributed by atoms with van der Waals surface area (Å²) in [4.78, 5) is 0. The molecule has 0 spiro atoms. The monoisotopic (exact) mass is 832 g/mol. The summed E-state index contributed by atoms with van der Waals surface area (Å²) < 4.78 is 48.9. The van der Waals surface area contributed by atoms with Crippen molar-refractivity contribution >= 4 is 21.5 Å². The number of terminal acetylenes is 1. The minimum absolute atomic E-state index is 0.218. The second-order valence-electron chi connectivity index (χ2n) is 14.5. The molecule has 320 valence electrons. The maximum atomic E-state index is 6.77. The van der Waals surface area contributed by atoms with Crippen LogP contribution in [0.25, 0.3) is 32.7 Å². The van der Waals surface area contributed by atoms with E-state index in [1.807, 2.05) is 30.3 Å². The molecule has 0 saturated heterocycles. The zero-order valence-electron chi connectivity index (χ0n) is 35.7. The van der Waals surface area contributed by atoms with Gasteiger partial charge in [0.25, 0.3) is 0 Å². The minimum Gasteiger partial charge on any atom is -0.491 e. The predicted molar refractivity (Wildman–Crippen MR) is 250 cm³/mol. The van der Waals surface area contributed by atoms with Crippen LogP contribution in [0.15, 0.2) is 153 Å². The molecule has 0 bridgehead atoms. The van der Waals surface area contributed by atoms with Crippen LogP contribution in [0.5, 0.6) is 23.0 Å². The average molecular weight is 833 g/mol. The molecule has 0 fully saturated rings. The lowest BCUT2D eigenvalue weighted by Crippen LogP contribution is -2.28. The van der Waals surface area contributed by atoms with Crippen molar-refractivity contribution in [3.05, 3.63) is 170 Å². The molecule has 1 atom stereocenters. The van der Waals surface area contributed by atoms with Crippen molar-refractivity contribution in [1.29, 1.82) is 0 Å². The highest BCUT2D eigenvalue weighted by atomic mass is 16.5. The van der Waals surface area contributed by atoms with Gasteiger partial charge < -0.3 is 37.9 Å². The summed E-state index contributed by atoms with van der Waals surface area (Å²) in [6.45, 7) is 17.9. The molecule has 0 aliphatic rings. The summed E-state index contributed by atoms with van der Waals surface area (Å²) in [6.07, 6.45) is 10.6. The number of rotatable bonds is 27. The van der Waals surface area contributed by atoms with Crippen molar-refractivity contribution in [2.75, 3.05) is 79.3 Å². The Morgan fingerprint density at radius 3 is 1.40 bits per heavy atom. The minimum atomic E-state index is -0.941. The topological polar surface area (TPSA) is 73.8 Å². The van der Waals surface area contributed by atoms with E-state index in [0.717, 1.165) is 49.4 Å². The van der Waals surface area contributed by atoms with E-state index in [9.17, 15) is 0 Å². The average Bonchev–Trinajstić information content (AvgIpc) is 3.31. The first-order valence-electron chi connectivity index (χ1n) is 20.9. The Labute approximate surface area is 366 Å². The van der Waals surface area contributed by atoms with Gasteiger partial charge in [0.1, 0.15) is 56.0 Å². The Balaban J connectivity index is 1.62. The normalized spacial score (nSPS) is 12.0. The predicted octanol–water partition coefficient (Wildman–Crippen LogP) is 10.8. The summed E-state index contributed by atoms with van der Waals surface area (Å²) in [5.74, 6) is 5.27. The van der Waals surface area contributed by atoms with Crippen molar-refractivity contribution in [1.82, 2.24) is 0 Å². The summed E-state index contributed by atoms with van der Waals surface area (Å²) in [6, 6.07) is 39.7. The molecular weight excluding hydrogens is 777 g/mol. The molecule has 0 radical (unpaired) electrons. The SMILES string of the molecule is C#CCOCCOc1ccc2ccc(OCCOCC=C)c(C(C)(c3ccc(-c4ccccc4)cc3)c3c(OCCOCC=C)ccc4ccc(OCCOCC=C)cc34)c2c1. The molecule has 6 aromatic rings. The molecule has 0 heterocycles. The Hall–Kier alpha value is -6.34. The van der Waals surface area contributed by atoms with Gasteiger partial charge >= 0.3 is 0 Å². The van der Waals surface area contributed by atoms with E-state index in [-0.39, 0.29) is 6.61 Å². The van der Waals surface area contributed by atoms with E-state index in [0.29, 0.717) is 95.7 Å². The zero-order valence-corrected chi connectivity index (χ0v) is 35.7. The van der Waals surface area contributed by atoms with Gasteiger partial charge in [-0.2, -0.15) is 0 Å². The Bertz CT molecular complexity index is 2410. The maximum absolute atomic E-state index is 6.77. The highest BCUT2D eigenvalue weighted by molar-refractivity contribution is 5.96. The van der Waals surface area contributed by atoms with E-state index in [4.69, 9.17) is 44.3 Å². The van der Waals surface area contributed by atoms with Gasteiger partial charge in [0.05, 0.1) is 51.7 Å². The van der Waals surface area contributed by atoms with Crippen LogP contribution in [0.2, 0.25) is 0 Å². The van der Waals surface area contributed by atoms with Crippen LogP contribution in [0.1, 0.15) is 23.6 Å². The van der Waals surface area contributed by atoms with Crippen LogP contribution in [0, 0.1) is 12.3 Å². The fraction of sp³-hybridized carbons (Fsp3) is 0.259. The molecule has 8 heteroatoms. The van der Waals surface area contributed by atoms with Crippen LogP contribution in [0.4, 0.5) is 0 Å². The van der Waals surface area contributed by atoms with Gasteiger partial charge in [0, 0.05) is 11.1 Å². The second kappa shape index (κ2) is 23.6. The first-order valence-corrected chi connectivity index (χ1v) is 20.9. The molecule has 8 nitrogen and oxygen atoms in total. The van der Waals surface area contributed by atoms with Gasteiger partial charge in [-0.15, -0.1) is 26.2 Å². The third kappa shape index (κ3) is 11.5. The van der Waals surface area contributed by atoms with E-state index < -0.39 is 5.41 Å². The maximum Gasteiger partial charge on any atom is 0.124 e. The lowest BCUT2D eigenvalue weighted by atomic mass is 9.67. The first kappa shape index (κ1) is 45.2. The number of ether oxygens (including phenoxy) is 8. The first-order chi connectivity index (χ1) is 30.5. The Morgan fingerprint density at radius 1 is 0.500 bits per heavy atom. The number of fused-ring (bicyclic) bond motifs is 2. The van der Waals surface area contributed by atoms with Crippen molar-refractivity contribution in [3.8, 4) is 46.5 Å². The van der Waals surface area contributed by atoms with Crippen molar-refractivity contribution in [3.63, 3.8) is 0 Å². The standard InChI is InChI=1S/C54H56O8/c1-6-27-55-31-35-59-46-23-17-43-19-25-50(61-37-33-57-29-8-3)52(48(43)39-46)54(5,45-21-15-42(16-22-45)41-13-11-10-12-14-41)53-49-40-47(60-36-32-56-28-7-2)24-18-44(49)20-26-51(53)62-38-34-58-30-9-4/h1,7-26,39-40H,2-4,27-38H2,5H3. The fourth-order valence-corrected chi connectivity index (χ4v) is 7.54. The fourth-order valence-electron chi connectivity index (χ4n) is 7.54. The smallest absolute Gasteiger partial charge is 0.124 e. The van der Waals surface area contributed by atoms with Crippen molar-refractivity contribution in [2.24, 2.45) is 0 Å². The van der Waals surface area contributed by atoms with Gasteiger partial charge in [-0.05, 0) is 81.6 Å². The molecule has 0 saturated carbocycles. The third-order valence-electron chi connectivity index (χ3n) is 10.3. The molecular formula is C54H56O8.